The predicted molar refractivity (Wildman–Crippen MR) is 216 cm³/mol. The van der Waals surface area contributed by atoms with Crippen molar-refractivity contribution in [3.8, 4) is 11.5 Å². The molecule has 62 heavy (non-hydrogen) atoms. The SMILES string of the molecule is CC(C)C[C@H](NC(=O)[C@H](CO)NC(=O)[C@H](CO)NC(=O)[C@H](C)NC(=O)[C@H](CO)NC(=O)[C@@H](N)Cc1ccc(O)cc1)C(=O)N[C@@H](Cc1ccc(O)cc1)C(=O)N[C@@H](CO)C(=O)O. The van der Waals surface area contributed by atoms with Crippen molar-refractivity contribution < 1.29 is 74.1 Å². The third-order valence-electron chi connectivity index (χ3n) is 9.07. The lowest BCUT2D eigenvalue weighted by Gasteiger charge is -2.27. The second kappa shape index (κ2) is 25.4. The highest BCUT2D eigenvalue weighted by atomic mass is 16.4. The first-order chi connectivity index (χ1) is 29.2. The summed E-state index contributed by atoms with van der Waals surface area (Å²) in [4.78, 5) is 103. The summed E-state index contributed by atoms with van der Waals surface area (Å²) in [6, 6.07) is -0.860. The molecule has 0 unspecified atom stereocenters. The van der Waals surface area contributed by atoms with E-state index in [1.165, 1.54) is 55.5 Å². The van der Waals surface area contributed by atoms with Crippen molar-refractivity contribution in [2.45, 2.75) is 88.4 Å². The Labute approximate surface area is 355 Å². The maximum absolute atomic E-state index is 13.6. The Morgan fingerprint density at radius 2 is 0.806 bits per heavy atom. The molecule has 342 valence electrons. The zero-order valence-electron chi connectivity index (χ0n) is 34.2. The molecule has 0 saturated carbocycles. The van der Waals surface area contributed by atoms with Crippen molar-refractivity contribution in [1.82, 2.24) is 37.2 Å². The highest BCUT2D eigenvalue weighted by Crippen LogP contribution is 2.14. The summed E-state index contributed by atoms with van der Waals surface area (Å²) in [5.74, 6) is -8.97. The van der Waals surface area contributed by atoms with Gasteiger partial charge in [0.1, 0.15) is 53.8 Å². The summed E-state index contributed by atoms with van der Waals surface area (Å²) < 4.78 is 0. The number of carbonyl (C=O) groups excluding carboxylic acids is 7. The molecule has 0 heterocycles. The summed E-state index contributed by atoms with van der Waals surface area (Å²) in [7, 11) is 0. The molecule has 0 aliphatic heterocycles. The van der Waals surface area contributed by atoms with Crippen molar-refractivity contribution in [3.05, 3.63) is 59.7 Å². The number of aliphatic carboxylic acids is 1. The molecule has 23 nitrogen and oxygen atoms in total. The second-order valence-corrected chi connectivity index (χ2v) is 14.6. The summed E-state index contributed by atoms with van der Waals surface area (Å²) in [5, 5.41) is 83.3. The highest BCUT2D eigenvalue weighted by molar-refractivity contribution is 5.97. The third kappa shape index (κ3) is 16.9. The van der Waals surface area contributed by atoms with Crippen molar-refractivity contribution in [1.29, 1.82) is 0 Å². The number of nitrogens with one attached hydrogen (secondary N) is 7. The number of hydrogen-bond donors (Lipinski definition) is 15. The van der Waals surface area contributed by atoms with Crippen LogP contribution in [-0.2, 0) is 51.2 Å². The van der Waals surface area contributed by atoms with Crippen molar-refractivity contribution in [3.63, 3.8) is 0 Å². The lowest BCUT2D eigenvalue weighted by Crippen LogP contribution is -2.61. The van der Waals surface area contributed by atoms with Crippen LogP contribution in [0.4, 0.5) is 0 Å². The third-order valence-corrected chi connectivity index (χ3v) is 9.07. The molecule has 0 radical (unpaired) electrons. The van der Waals surface area contributed by atoms with Crippen molar-refractivity contribution in [2.24, 2.45) is 11.7 Å². The average molecular weight is 877 g/mol. The van der Waals surface area contributed by atoms with Crippen LogP contribution >= 0.6 is 0 Å². The van der Waals surface area contributed by atoms with E-state index in [0.717, 1.165) is 0 Å². The Bertz CT molecular complexity index is 1850. The lowest BCUT2D eigenvalue weighted by atomic mass is 10.0. The van der Waals surface area contributed by atoms with Gasteiger partial charge in [-0.15, -0.1) is 0 Å². The van der Waals surface area contributed by atoms with E-state index >= 15 is 0 Å². The Morgan fingerprint density at radius 3 is 1.24 bits per heavy atom. The fraction of sp³-hybridized carbons (Fsp3) is 0.487. The fourth-order valence-electron chi connectivity index (χ4n) is 5.57. The molecule has 16 N–H and O–H groups in total. The Kier molecular flexibility index (Phi) is 21.2. The first-order valence-electron chi connectivity index (χ1n) is 19.3. The van der Waals surface area contributed by atoms with Gasteiger partial charge in [-0.1, -0.05) is 38.1 Å². The van der Waals surface area contributed by atoms with Gasteiger partial charge in [-0.3, -0.25) is 33.6 Å². The molecule has 2 aromatic carbocycles. The van der Waals surface area contributed by atoms with Gasteiger partial charge in [0, 0.05) is 6.42 Å². The Balaban J connectivity index is 2.09. The van der Waals surface area contributed by atoms with Crippen LogP contribution in [0, 0.1) is 5.92 Å². The van der Waals surface area contributed by atoms with Crippen LogP contribution in [0.25, 0.3) is 0 Å². The number of phenols is 2. The monoisotopic (exact) mass is 876 g/mol. The van der Waals surface area contributed by atoms with Gasteiger partial charge in [0.25, 0.3) is 0 Å². The first kappa shape index (κ1) is 51.7. The minimum Gasteiger partial charge on any atom is -0.508 e. The van der Waals surface area contributed by atoms with E-state index < -0.39 is 122 Å². The van der Waals surface area contributed by atoms with E-state index in [-0.39, 0.29) is 36.7 Å². The van der Waals surface area contributed by atoms with E-state index in [0.29, 0.717) is 11.1 Å². The number of nitrogens with two attached hydrogens (primary N) is 1. The van der Waals surface area contributed by atoms with Crippen LogP contribution in [0.3, 0.4) is 0 Å². The molecule has 0 aliphatic rings. The minimum atomic E-state index is -1.76. The minimum absolute atomic E-state index is 0.00155. The predicted octanol–water partition coefficient (Wildman–Crippen LogP) is -5.28. The Hall–Kier alpha value is -6.40. The van der Waals surface area contributed by atoms with E-state index in [1.54, 1.807) is 13.8 Å². The van der Waals surface area contributed by atoms with Gasteiger partial charge in [0.2, 0.25) is 41.4 Å². The molecule has 0 saturated heterocycles. The van der Waals surface area contributed by atoms with Crippen LogP contribution < -0.4 is 43.0 Å². The number of amides is 7. The van der Waals surface area contributed by atoms with Gasteiger partial charge >= 0.3 is 5.97 Å². The van der Waals surface area contributed by atoms with E-state index in [2.05, 4.69) is 37.2 Å². The molecule has 0 aliphatic carbocycles. The van der Waals surface area contributed by atoms with E-state index in [4.69, 9.17) is 5.73 Å². The number of carboxylic acid groups (broad SMARTS) is 1. The van der Waals surface area contributed by atoms with Gasteiger partial charge in [-0.2, -0.15) is 0 Å². The zero-order valence-corrected chi connectivity index (χ0v) is 34.2. The fourth-order valence-corrected chi connectivity index (χ4v) is 5.57. The second-order valence-electron chi connectivity index (χ2n) is 14.6. The van der Waals surface area contributed by atoms with Gasteiger partial charge in [0.15, 0.2) is 0 Å². The molecule has 2 aromatic rings. The molecule has 0 fully saturated rings. The molecule has 23 heteroatoms. The molecule has 8 atom stereocenters. The molecule has 0 spiro atoms. The van der Waals surface area contributed by atoms with Gasteiger partial charge in [0.05, 0.1) is 32.5 Å². The van der Waals surface area contributed by atoms with Gasteiger partial charge in [-0.05, 0) is 61.1 Å². The maximum atomic E-state index is 13.6. The zero-order chi connectivity index (χ0) is 46.7. The van der Waals surface area contributed by atoms with Gasteiger partial charge in [-0.25, -0.2) is 4.79 Å². The van der Waals surface area contributed by atoms with Gasteiger partial charge < -0.3 is 78.7 Å². The number of phenolic OH excluding ortho intramolecular Hbond substituents is 2. The smallest absolute Gasteiger partial charge is 0.328 e. The number of carboxylic acids is 1. The standard InChI is InChI=1S/C39H56N8O15/c1-19(2)12-26(34(56)43-27(14-22-6-10-24(53)11-7-22)35(57)47-31(18-51)39(61)62)42-37(59)30(17-50)46-38(60)29(16-49)44-32(54)20(3)41-36(58)28(15-48)45-33(55)25(40)13-21-4-8-23(52)9-5-21/h4-11,19-20,25-31,48-53H,12-18,40H2,1-3H3,(H,41,58)(H,42,59)(H,43,56)(H,44,54)(H,45,55)(H,46,60)(H,47,57)(H,61,62)/t20-,25-,26-,27-,28-,29-,30-,31-/m0/s1. The normalized spacial score (nSPS) is 14.9. The van der Waals surface area contributed by atoms with Crippen molar-refractivity contribution >= 4 is 47.3 Å². The van der Waals surface area contributed by atoms with Crippen LogP contribution in [0.5, 0.6) is 11.5 Å². The molecule has 0 aromatic heterocycles. The topological polar surface area (TPSA) is 388 Å². The van der Waals surface area contributed by atoms with Crippen LogP contribution in [0.1, 0.15) is 38.3 Å². The molecular formula is C39H56N8O15. The number of carbonyl (C=O) groups is 8. The number of aromatic hydroxyl groups is 2. The van der Waals surface area contributed by atoms with E-state index in [1.807, 2.05) is 0 Å². The Morgan fingerprint density at radius 1 is 0.468 bits per heavy atom. The summed E-state index contributed by atoms with van der Waals surface area (Å²) >= 11 is 0. The maximum Gasteiger partial charge on any atom is 0.328 e. The number of aliphatic hydroxyl groups is 4. The highest BCUT2D eigenvalue weighted by Gasteiger charge is 2.34. The number of aliphatic hydroxyl groups excluding tert-OH is 4. The summed E-state index contributed by atoms with van der Waals surface area (Å²) in [6.07, 6.45) is -0.242. The largest absolute Gasteiger partial charge is 0.508 e. The lowest BCUT2D eigenvalue weighted by molar-refractivity contribution is -0.143. The molecule has 7 amide bonds. The molecular weight excluding hydrogens is 820 g/mol. The summed E-state index contributed by atoms with van der Waals surface area (Å²) in [5.41, 5.74) is 6.95. The van der Waals surface area contributed by atoms with Crippen molar-refractivity contribution in [2.75, 3.05) is 26.4 Å². The number of hydrogen-bond acceptors (Lipinski definition) is 15. The summed E-state index contributed by atoms with van der Waals surface area (Å²) in [6.45, 7) is 0.656. The molecule has 0 bridgehead atoms. The number of rotatable bonds is 25. The average Bonchev–Trinajstić information content (AvgIpc) is 3.22. The number of benzene rings is 2. The van der Waals surface area contributed by atoms with Crippen LogP contribution in [0.15, 0.2) is 48.5 Å². The van der Waals surface area contributed by atoms with Crippen LogP contribution in [-0.4, -0.2) is 158 Å². The quantitative estimate of drug-likeness (QED) is 0.0443. The first-order valence-corrected chi connectivity index (χ1v) is 19.3. The molecule has 2 rings (SSSR count). The van der Waals surface area contributed by atoms with Crippen LogP contribution in [0.2, 0.25) is 0 Å². The van der Waals surface area contributed by atoms with E-state index in [9.17, 15) is 74.1 Å².